The second-order valence-electron chi connectivity index (χ2n) is 5.86. The van der Waals surface area contributed by atoms with Gasteiger partial charge in [-0.25, -0.2) is 0 Å². The third kappa shape index (κ3) is 2.03. The van der Waals surface area contributed by atoms with E-state index in [0.29, 0.717) is 10.9 Å². The molecule has 0 saturated heterocycles. The van der Waals surface area contributed by atoms with E-state index in [4.69, 9.17) is 4.84 Å². The minimum atomic E-state index is -2.22. The lowest BCUT2D eigenvalue weighted by Crippen LogP contribution is -2.49. The third-order valence-electron chi connectivity index (χ3n) is 4.52. The van der Waals surface area contributed by atoms with E-state index in [1.807, 2.05) is 12.1 Å². The van der Waals surface area contributed by atoms with Crippen molar-refractivity contribution in [3.8, 4) is 0 Å². The number of hydrogen-bond donors (Lipinski definition) is 1. The van der Waals surface area contributed by atoms with Gasteiger partial charge in [0.25, 0.3) is 11.6 Å². The molecule has 0 aromatic heterocycles. The number of Topliss-reactive ketones (excluding diaryl/α,β-unsaturated/α-hetero) is 1. The molecule has 0 unspecified atom stereocenters. The monoisotopic (exact) mass is 333 g/mol. The Morgan fingerprint density at radius 1 is 1.00 bits per heavy atom. The van der Waals surface area contributed by atoms with E-state index >= 15 is 0 Å². The van der Waals surface area contributed by atoms with Crippen molar-refractivity contribution in [1.82, 2.24) is 5.06 Å². The van der Waals surface area contributed by atoms with Crippen LogP contribution in [0.4, 0.5) is 0 Å². The smallest absolute Gasteiger partial charge is 0.281 e. The van der Waals surface area contributed by atoms with Crippen molar-refractivity contribution in [2.24, 2.45) is 0 Å². The van der Waals surface area contributed by atoms with Gasteiger partial charge in [-0.05, 0) is 16.8 Å². The number of rotatable bonds is 3. The second-order valence-corrected chi connectivity index (χ2v) is 5.86. The van der Waals surface area contributed by atoms with E-state index in [9.17, 15) is 14.7 Å². The molecule has 0 bridgehead atoms. The number of fused-ring (bicyclic) bond motifs is 3. The molecular weight excluding hydrogens is 318 g/mol. The summed E-state index contributed by atoms with van der Waals surface area (Å²) >= 11 is 0. The Balaban J connectivity index is 2.04. The number of hydrogen-bond acceptors (Lipinski definition) is 4. The van der Waals surface area contributed by atoms with E-state index in [0.717, 1.165) is 10.4 Å². The van der Waals surface area contributed by atoms with Crippen molar-refractivity contribution >= 4 is 22.5 Å². The minimum absolute atomic E-state index is 0.256. The van der Waals surface area contributed by atoms with E-state index < -0.39 is 17.4 Å². The minimum Gasteiger partial charge on any atom is -0.359 e. The fraction of sp³-hybridized carbons (Fsp3) is 0.100. The number of nitrogens with zero attached hydrogens (tertiary/aromatic N) is 1. The molecule has 5 nitrogen and oxygen atoms in total. The zero-order chi connectivity index (χ0) is 17.6. The number of carbonyl (C=O) groups is 2. The highest BCUT2D eigenvalue weighted by Gasteiger charge is 2.56. The first-order valence-corrected chi connectivity index (χ1v) is 7.82. The van der Waals surface area contributed by atoms with Crippen LogP contribution in [0.1, 0.15) is 26.3 Å². The summed E-state index contributed by atoms with van der Waals surface area (Å²) in [6, 6.07) is 19.1. The normalized spacial score (nSPS) is 19.3. The van der Waals surface area contributed by atoms with Crippen LogP contribution in [-0.2, 0) is 10.6 Å². The van der Waals surface area contributed by atoms with Crippen LogP contribution in [-0.4, -0.2) is 29.0 Å². The topological polar surface area (TPSA) is 66.8 Å². The van der Waals surface area contributed by atoms with Gasteiger partial charge in [-0.1, -0.05) is 60.7 Å². The van der Waals surface area contributed by atoms with E-state index in [2.05, 4.69) is 0 Å². The van der Waals surface area contributed by atoms with Gasteiger partial charge in [0.15, 0.2) is 0 Å². The zero-order valence-corrected chi connectivity index (χ0v) is 13.5. The Labute approximate surface area is 144 Å². The average Bonchev–Trinajstić information content (AvgIpc) is 2.89. The summed E-state index contributed by atoms with van der Waals surface area (Å²) in [4.78, 5) is 31.0. The maximum Gasteiger partial charge on any atom is 0.281 e. The van der Waals surface area contributed by atoms with Crippen molar-refractivity contribution < 1.29 is 19.5 Å². The number of benzene rings is 3. The zero-order valence-electron chi connectivity index (χ0n) is 13.5. The highest BCUT2D eigenvalue weighted by Crippen LogP contribution is 2.43. The summed E-state index contributed by atoms with van der Waals surface area (Å²) in [6.45, 7) is 0. The SMILES string of the molecule is CON1C(=O)c2ccc3ccccc3c2[C@]1(O)C(=O)c1ccccc1. The summed E-state index contributed by atoms with van der Waals surface area (Å²) in [5.74, 6) is -1.16. The molecule has 0 spiro atoms. The lowest BCUT2D eigenvalue weighted by atomic mass is 9.89. The molecule has 4 rings (SSSR count). The molecular formula is C20H15NO4. The van der Waals surface area contributed by atoms with Crippen LogP contribution in [0.25, 0.3) is 10.8 Å². The summed E-state index contributed by atoms with van der Waals surface area (Å²) in [6.07, 6.45) is 0. The Morgan fingerprint density at radius 3 is 2.40 bits per heavy atom. The van der Waals surface area contributed by atoms with Gasteiger partial charge in [0.2, 0.25) is 5.78 Å². The Bertz CT molecular complexity index is 999. The predicted octanol–water partition coefficient (Wildman–Crippen LogP) is 2.89. The van der Waals surface area contributed by atoms with Crippen molar-refractivity contribution in [2.75, 3.05) is 7.11 Å². The molecule has 1 amide bonds. The number of hydroxylamine groups is 2. The fourth-order valence-electron chi connectivity index (χ4n) is 3.39. The van der Waals surface area contributed by atoms with Crippen LogP contribution < -0.4 is 0 Å². The molecule has 1 heterocycles. The second kappa shape index (κ2) is 5.51. The predicted molar refractivity (Wildman–Crippen MR) is 91.8 cm³/mol. The maximum absolute atomic E-state index is 13.2. The highest BCUT2D eigenvalue weighted by molar-refractivity contribution is 6.14. The molecule has 0 aliphatic carbocycles. The molecule has 3 aromatic rings. The summed E-state index contributed by atoms with van der Waals surface area (Å²) in [5, 5.41) is 13.6. The molecule has 3 aromatic carbocycles. The quantitative estimate of drug-likeness (QED) is 0.749. The van der Waals surface area contributed by atoms with Gasteiger partial charge in [0.05, 0.1) is 12.7 Å². The lowest BCUT2D eigenvalue weighted by Gasteiger charge is -2.31. The van der Waals surface area contributed by atoms with Crippen LogP contribution in [0.3, 0.4) is 0 Å². The Hall–Kier alpha value is -3.02. The molecule has 1 aliphatic rings. The van der Waals surface area contributed by atoms with Gasteiger partial charge in [-0.3, -0.25) is 14.4 Å². The van der Waals surface area contributed by atoms with Crippen molar-refractivity contribution in [3.05, 3.63) is 83.4 Å². The van der Waals surface area contributed by atoms with E-state index in [-0.39, 0.29) is 11.1 Å². The first-order valence-electron chi connectivity index (χ1n) is 7.82. The summed E-state index contributed by atoms with van der Waals surface area (Å²) in [7, 11) is 1.26. The molecule has 1 N–H and O–H groups in total. The van der Waals surface area contributed by atoms with Crippen molar-refractivity contribution in [1.29, 1.82) is 0 Å². The van der Waals surface area contributed by atoms with Gasteiger partial charge >= 0.3 is 0 Å². The molecule has 0 radical (unpaired) electrons. The van der Waals surface area contributed by atoms with Crippen LogP contribution in [0, 0.1) is 0 Å². The van der Waals surface area contributed by atoms with E-state index in [1.54, 1.807) is 54.6 Å². The maximum atomic E-state index is 13.2. The molecule has 5 heteroatoms. The first kappa shape index (κ1) is 15.5. The van der Waals surface area contributed by atoms with Gasteiger partial charge in [0.1, 0.15) is 0 Å². The molecule has 0 fully saturated rings. The lowest BCUT2D eigenvalue weighted by molar-refractivity contribution is -0.217. The first-order chi connectivity index (χ1) is 12.1. The molecule has 25 heavy (non-hydrogen) atoms. The number of amides is 1. The largest absolute Gasteiger partial charge is 0.359 e. The van der Waals surface area contributed by atoms with Crippen LogP contribution in [0.15, 0.2) is 66.7 Å². The van der Waals surface area contributed by atoms with Crippen LogP contribution >= 0.6 is 0 Å². The Morgan fingerprint density at radius 2 is 1.68 bits per heavy atom. The van der Waals surface area contributed by atoms with Gasteiger partial charge < -0.3 is 5.11 Å². The molecule has 0 saturated carbocycles. The fourth-order valence-corrected chi connectivity index (χ4v) is 3.39. The van der Waals surface area contributed by atoms with Crippen LogP contribution in [0.5, 0.6) is 0 Å². The molecule has 1 atom stereocenters. The standard InChI is InChI=1S/C20H15NO4/c1-25-21-19(23)16-12-11-13-7-5-6-10-15(13)17(16)20(21,24)18(22)14-8-3-2-4-9-14/h2-12,24H,1H3/t20-/m0/s1. The Kier molecular flexibility index (Phi) is 3.42. The summed E-state index contributed by atoms with van der Waals surface area (Å²) < 4.78 is 0. The molecule has 1 aliphatic heterocycles. The van der Waals surface area contributed by atoms with Crippen LogP contribution in [0.2, 0.25) is 0 Å². The van der Waals surface area contributed by atoms with Gasteiger partial charge in [-0.2, -0.15) is 5.06 Å². The van der Waals surface area contributed by atoms with Crippen molar-refractivity contribution in [2.45, 2.75) is 5.72 Å². The number of carbonyl (C=O) groups excluding carboxylic acids is 2. The van der Waals surface area contributed by atoms with Gasteiger partial charge in [-0.15, -0.1) is 0 Å². The number of ketones is 1. The van der Waals surface area contributed by atoms with E-state index in [1.165, 1.54) is 7.11 Å². The average molecular weight is 333 g/mol. The van der Waals surface area contributed by atoms with Crippen molar-refractivity contribution in [3.63, 3.8) is 0 Å². The van der Waals surface area contributed by atoms with Gasteiger partial charge in [0, 0.05) is 11.1 Å². The number of aliphatic hydroxyl groups is 1. The highest BCUT2D eigenvalue weighted by atomic mass is 16.7. The summed E-state index contributed by atoms with van der Waals surface area (Å²) in [5.41, 5.74) is -1.41. The third-order valence-corrected chi connectivity index (χ3v) is 4.52. The molecule has 124 valence electrons.